The molecule has 1 fully saturated rings. The van der Waals surface area contributed by atoms with Crippen molar-refractivity contribution in [1.82, 2.24) is 9.88 Å². The lowest BCUT2D eigenvalue weighted by atomic mass is 9.85. The van der Waals surface area contributed by atoms with Crippen LogP contribution in [0.1, 0.15) is 38.3 Å². The van der Waals surface area contributed by atoms with Crippen LogP contribution in [0.5, 0.6) is 0 Å². The van der Waals surface area contributed by atoms with Crippen molar-refractivity contribution in [1.29, 1.82) is 0 Å². The van der Waals surface area contributed by atoms with E-state index in [1.54, 1.807) is 6.26 Å². The quantitative estimate of drug-likeness (QED) is 0.859. The first-order valence-corrected chi connectivity index (χ1v) is 8.40. The number of carbonyl (C=O) groups is 1. The highest BCUT2D eigenvalue weighted by Gasteiger charge is 2.28. The fraction of sp³-hybridized carbons (Fsp3) is 0.474. The Morgan fingerprint density at radius 2 is 2.00 bits per heavy atom. The zero-order valence-corrected chi connectivity index (χ0v) is 13.9. The van der Waals surface area contributed by atoms with E-state index >= 15 is 0 Å². The lowest BCUT2D eigenvalue weighted by Crippen LogP contribution is -2.43. The number of benzene rings is 1. The molecule has 0 spiro atoms. The van der Waals surface area contributed by atoms with Gasteiger partial charge in [0.1, 0.15) is 6.26 Å². The molecule has 1 saturated carbocycles. The minimum absolute atomic E-state index is 0.122. The minimum Gasteiger partial charge on any atom is -0.444 e. The van der Waals surface area contributed by atoms with Crippen molar-refractivity contribution in [3.63, 3.8) is 0 Å². The van der Waals surface area contributed by atoms with Crippen molar-refractivity contribution < 1.29 is 9.21 Å². The first-order valence-electron chi connectivity index (χ1n) is 8.40. The highest BCUT2D eigenvalue weighted by Crippen LogP contribution is 2.28. The van der Waals surface area contributed by atoms with Gasteiger partial charge in [-0.15, -0.1) is 0 Å². The maximum Gasteiger partial charge on any atom is 0.228 e. The van der Waals surface area contributed by atoms with Crippen molar-refractivity contribution in [2.75, 3.05) is 7.05 Å². The van der Waals surface area contributed by atoms with Gasteiger partial charge in [-0.25, -0.2) is 4.98 Å². The SMILES string of the molecule is CC1CCCCC1N(C)C(=O)Cc1coc(-c2ccccc2)n1. The number of aromatic nitrogens is 1. The number of amides is 1. The third kappa shape index (κ3) is 3.63. The number of hydrogen-bond donors (Lipinski definition) is 0. The number of hydrogen-bond acceptors (Lipinski definition) is 3. The summed E-state index contributed by atoms with van der Waals surface area (Å²) in [6.45, 7) is 2.25. The van der Waals surface area contributed by atoms with Crippen LogP contribution in [0.2, 0.25) is 0 Å². The zero-order chi connectivity index (χ0) is 16.2. The van der Waals surface area contributed by atoms with E-state index in [0.29, 0.717) is 30.0 Å². The smallest absolute Gasteiger partial charge is 0.228 e. The van der Waals surface area contributed by atoms with E-state index < -0.39 is 0 Å². The number of carbonyl (C=O) groups excluding carboxylic acids is 1. The van der Waals surface area contributed by atoms with Gasteiger partial charge in [-0.2, -0.15) is 0 Å². The van der Waals surface area contributed by atoms with Gasteiger partial charge in [-0.1, -0.05) is 38.0 Å². The predicted molar refractivity (Wildman–Crippen MR) is 89.8 cm³/mol. The Morgan fingerprint density at radius 1 is 1.26 bits per heavy atom. The maximum absolute atomic E-state index is 12.5. The van der Waals surface area contributed by atoms with Crippen LogP contribution in [0, 0.1) is 5.92 Å². The fourth-order valence-electron chi connectivity index (χ4n) is 3.44. The molecule has 122 valence electrons. The van der Waals surface area contributed by atoms with Gasteiger partial charge in [-0.3, -0.25) is 4.79 Å². The summed E-state index contributed by atoms with van der Waals surface area (Å²) < 4.78 is 5.52. The Balaban J connectivity index is 1.65. The summed E-state index contributed by atoms with van der Waals surface area (Å²) in [6.07, 6.45) is 6.72. The molecule has 1 heterocycles. The van der Waals surface area contributed by atoms with Gasteiger partial charge < -0.3 is 9.32 Å². The normalized spacial score (nSPS) is 21.1. The molecule has 2 aromatic rings. The first-order chi connectivity index (χ1) is 11.1. The van der Waals surface area contributed by atoms with Crippen LogP contribution >= 0.6 is 0 Å². The molecule has 23 heavy (non-hydrogen) atoms. The number of likely N-dealkylation sites (N-methyl/N-ethyl adjacent to an activating group) is 1. The molecule has 0 aliphatic heterocycles. The fourth-order valence-corrected chi connectivity index (χ4v) is 3.44. The summed E-state index contributed by atoms with van der Waals surface area (Å²) in [4.78, 5) is 18.9. The number of oxazole rings is 1. The van der Waals surface area contributed by atoms with Crippen molar-refractivity contribution in [3.8, 4) is 11.5 Å². The van der Waals surface area contributed by atoms with Crippen LogP contribution in [-0.2, 0) is 11.2 Å². The molecule has 1 amide bonds. The van der Waals surface area contributed by atoms with Crippen molar-refractivity contribution in [2.45, 2.75) is 45.1 Å². The monoisotopic (exact) mass is 312 g/mol. The largest absolute Gasteiger partial charge is 0.444 e. The van der Waals surface area contributed by atoms with Gasteiger partial charge in [0, 0.05) is 18.7 Å². The lowest BCUT2D eigenvalue weighted by molar-refractivity contribution is -0.132. The maximum atomic E-state index is 12.5. The van der Waals surface area contributed by atoms with E-state index in [9.17, 15) is 4.79 Å². The summed E-state index contributed by atoms with van der Waals surface area (Å²) in [5, 5.41) is 0. The molecule has 2 atom stereocenters. The standard InChI is InChI=1S/C19H24N2O2/c1-14-8-6-7-11-17(14)21(2)18(22)12-16-13-23-19(20-16)15-9-4-3-5-10-15/h3-5,9-10,13-14,17H,6-8,11-12H2,1-2H3. The summed E-state index contributed by atoms with van der Waals surface area (Å²) in [7, 11) is 1.92. The zero-order valence-electron chi connectivity index (χ0n) is 13.9. The summed E-state index contributed by atoms with van der Waals surface area (Å²) in [5.41, 5.74) is 1.63. The first kappa shape index (κ1) is 15.8. The van der Waals surface area contributed by atoms with Crippen LogP contribution in [0.4, 0.5) is 0 Å². The molecule has 1 aromatic carbocycles. The lowest BCUT2D eigenvalue weighted by Gasteiger charge is -2.36. The Bertz CT molecular complexity index is 650. The molecule has 0 saturated heterocycles. The van der Waals surface area contributed by atoms with Crippen LogP contribution in [0.15, 0.2) is 41.0 Å². The van der Waals surface area contributed by atoms with Gasteiger partial charge in [0.25, 0.3) is 0 Å². The molecule has 4 nitrogen and oxygen atoms in total. The minimum atomic E-state index is 0.122. The Kier molecular flexibility index (Phi) is 4.79. The number of rotatable bonds is 4. The molecule has 4 heteroatoms. The topological polar surface area (TPSA) is 46.3 Å². The molecule has 0 radical (unpaired) electrons. The van der Waals surface area contributed by atoms with Crippen LogP contribution in [0.3, 0.4) is 0 Å². The molecule has 2 unspecified atom stereocenters. The highest BCUT2D eigenvalue weighted by atomic mass is 16.3. The van der Waals surface area contributed by atoms with Crippen LogP contribution < -0.4 is 0 Å². The van der Waals surface area contributed by atoms with E-state index in [1.807, 2.05) is 42.3 Å². The van der Waals surface area contributed by atoms with E-state index in [1.165, 1.54) is 19.3 Å². The van der Waals surface area contributed by atoms with Crippen molar-refractivity contribution in [3.05, 3.63) is 42.3 Å². The molecule has 0 bridgehead atoms. The molecule has 0 N–H and O–H groups in total. The second-order valence-corrected chi connectivity index (χ2v) is 6.52. The van der Waals surface area contributed by atoms with Crippen LogP contribution in [0.25, 0.3) is 11.5 Å². The van der Waals surface area contributed by atoms with Crippen LogP contribution in [-0.4, -0.2) is 28.9 Å². The molecule has 1 aromatic heterocycles. The second-order valence-electron chi connectivity index (χ2n) is 6.52. The molecular formula is C19H24N2O2. The highest BCUT2D eigenvalue weighted by molar-refractivity contribution is 5.78. The molecule has 1 aliphatic carbocycles. The average Bonchev–Trinajstić information content (AvgIpc) is 3.04. The Morgan fingerprint density at radius 3 is 2.74 bits per heavy atom. The molecule has 3 rings (SSSR count). The summed E-state index contributed by atoms with van der Waals surface area (Å²) >= 11 is 0. The Labute approximate surface area is 137 Å². The van der Waals surface area contributed by atoms with Crippen molar-refractivity contribution in [2.24, 2.45) is 5.92 Å². The predicted octanol–water partition coefficient (Wildman–Crippen LogP) is 3.92. The second kappa shape index (κ2) is 6.99. The third-order valence-corrected chi connectivity index (χ3v) is 4.86. The molecular weight excluding hydrogens is 288 g/mol. The van der Waals surface area contributed by atoms with Gasteiger partial charge in [-0.05, 0) is 30.9 Å². The van der Waals surface area contributed by atoms with E-state index in [4.69, 9.17) is 4.42 Å². The Hall–Kier alpha value is -2.10. The summed E-state index contributed by atoms with van der Waals surface area (Å²) in [5.74, 6) is 1.27. The van der Waals surface area contributed by atoms with Gasteiger partial charge in [0.05, 0.1) is 12.1 Å². The van der Waals surface area contributed by atoms with E-state index in [2.05, 4.69) is 11.9 Å². The van der Waals surface area contributed by atoms with Crippen molar-refractivity contribution >= 4 is 5.91 Å². The number of nitrogens with zero attached hydrogens (tertiary/aromatic N) is 2. The average molecular weight is 312 g/mol. The molecule has 1 aliphatic rings. The summed E-state index contributed by atoms with van der Waals surface area (Å²) in [6, 6.07) is 10.1. The van der Waals surface area contributed by atoms with Gasteiger partial charge in [0.2, 0.25) is 11.8 Å². The van der Waals surface area contributed by atoms with Gasteiger partial charge >= 0.3 is 0 Å². The third-order valence-electron chi connectivity index (χ3n) is 4.86. The van der Waals surface area contributed by atoms with E-state index in [-0.39, 0.29) is 5.91 Å². The van der Waals surface area contributed by atoms with Gasteiger partial charge in [0.15, 0.2) is 0 Å². The van der Waals surface area contributed by atoms with E-state index in [0.717, 1.165) is 12.0 Å².